The van der Waals surface area contributed by atoms with Crippen molar-refractivity contribution in [2.75, 3.05) is 6.61 Å². The van der Waals surface area contributed by atoms with E-state index < -0.39 is 11.5 Å². The molecule has 0 aliphatic rings. The third-order valence-corrected chi connectivity index (χ3v) is 3.57. The molecule has 4 heteroatoms. The summed E-state index contributed by atoms with van der Waals surface area (Å²) < 4.78 is 0. The maximum atomic E-state index is 12.4. The van der Waals surface area contributed by atoms with E-state index in [1.807, 2.05) is 20.8 Å². The summed E-state index contributed by atoms with van der Waals surface area (Å²) in [4.78, 5) is 12.4. The maximum absolute atomic E-state index is 12.4. The summed E-state index contributed by atoms with van der Waals surface area (Å²) in [5, 5.41) is 21.6. The number of amides is 1. The monoisotopic (exact) mass is 271 g/mol. The fraction of sp³-hybridized carbons (Fsp3) is 0.800. The molecule has 112 valence electrons. The predicted molar refractivity (Wildman–Crippen MR) is 77.7 cm³/mol. The molecule has 0 radical (unpaired) electrons. The Balaban J connectivity index is 4.75. The van der Waals surface area contributed by atoms with Crippen LogP contribution < -0.4 is 5.32 Å². The van der Waals surface area contributed by atoms with Crippen molar-refractivity contribution in [3.8, 4) is 0 Å². The zero-order chi connectivity index (χ0) is 15.1. The normalized spacial score (nSPS) is 17.6. The van der Waals surface area contributed by atoms with Gasteiger partial charge in [0.1, 0.15) is 0 Å². The van der Waals surface area contributed by atoms with Crippen LogP contribution in [0.3, 0.4) is 0 Å². The van der Waals surface area contributed by atoms with E-state index in [1.54, 1.807) is 13.0 Å². The number of nitrogens with one attached hydrogen (secondary N) is 1. The standard InChI is InChI=1S/C15H29NO3/c1-6-8-15(5,9-7-12(4)18)14(19)16-13(10-17)11(2)3/h6,11-13,17-18H,1,7-10H2,2-5H3,(H,16,19)/t12-,13?,15-/m0/s1. The van der Waals surface area contributed by atoms with E-state index in [2.05, 4.69) is 11.9 Å². The number of carbonyl (C=O) groups is 1. The molecule has 0 fully saturated rings. The highest BCUT2D eigenvalue weighted by Gasteiger charge is 2.33. The minimum Gasteiger partial charge on any atom is -0.394 e. The first-order chi connectivity index (χ1) is 8.76. The quantitative estimate of drug-likeness (QED) is 0.561. The van der Waals surface area contributed by atoms with E-state index in [9.17, 15) is 15.0 Å². The topological polar surface area (TPSA) is 69.6 Å². The lowest BCUT2D eigenvalue weighted by Gasteiger charge is -2.31. The van der Waals surface area contributed by atoms with Crippen molar-refractivity contribution in [1.82, 2.24) is 5.32 Å². The smallest absolute Gasteiger partial charge is 0.226 e. The zero-order valence-corrected chi connectivity index (χ0v) is 12.6. The summed E-state index contributed by atoms with van der Waals surface area (Å²) in [6.07, 6.45) is 3.03. The Labute approximate surface area is 116 Å². The van der Waals surface area contributed by atoms with E-state index in [-0.39, 0.29) is 24.5 Å². The number of aliphatic hydroxyl groups excluding tert-OH is 2. The molecule has 0 bridgehead atoms. The molecule has 1 amide bonds. The van der Waals surface area contributed by atoms with Gasteiger partial charge in [-0.2, -0.15) is 0 Å². The molecular weight excluding hydrogens is 242 g/mol. The largest absolute Gasteiger partial charge is 0.394 e. The minimum absolute atomic E-state index is 0.0655. The van der Waals surface area contributed by atoms with Gasteiger partial charge in [-0.15, -0.1) is 6.58 Å². The Bertz CT molecular complexity index is 289. The van der Waals surface area contributed by atoms with E-state index in [4.69, 9.17) is 0 Å². The van der Waals surface area contributed by atoms with Crippen molar-refractivity contribution >= 4 is 5.91 Å². The summed E-state index contributed by atoms with van der Waals surface area (Å²) in [6, 6.07) is -0.233. The van der Waals surface area contributed by atoms with Crippen molar-refractivity contribution in [3.05, 3.63) is 12.7 Å². The summed E-state index contributed by atoms with van der Waals surface area (Å²) in [5.41, 5.74) is -0.582. The van der Waals surface area contributed by atoms with Crippen LogP contribution in [0.2, 0.25) is 0 Å². The fourth-order valence-corrected chi connectivity index (χ4v) is 1.92. The highest BCUT2D eigenvalue weighted by Crippen LogP contribution is 2.29. The highest BCUT2D eigenvalue weighted by atomic mass is 16.3. The van der Waals surface area contributed by atoms with Gasteiger partial charge in [0, 0.05) is 5.41 Å². The molecule has 0 aromatic heterocycles. The SMILES string of the molecule is C=CC[C@@](C)(CC[C@H](C)O)C(=O)NC(CO)C(C)C. The molecule has 0 aromatic rings. The molecule has 0 aromatic carbocycles. The Kier molecular flexibility index (Phi) is 7.95. The minimum atomic E-state index is -0.582. The molecule has 1 unspecified atom stereocenters. The average molecular weight is 271 g/mol. The molecule has 0 aliphatic heterocycles. The summed E-state index contributed by atoms with van der Waals surface area (Å²) in [6.45, 7) is 11.1. The molecule has 0 spiro atoms. The third-order valence-electron chi connectivity index (χ3n) is 3.57. The number of rotatable bonds is 9. The first kappa shape index (κ1) is 18.1. The van der Waals surface area contributed by atoms with E-state index in [0.29, 0.717) is 19.3 Å². The lowest BCUT2D eigenvalue weighted by Crippen LogP contribution is -2.48. The molecule has 0 heterocycles. The van der Waals surface area contributed by atoms with Crippen LogP contribution in [0, 0.1) is 11.3 Å². The lowest BCUT2D eigenvalue weighted by atomic mass is 9.80. The van der Waals surface area contributed by atoms with Crippen LogP contribution in [0.4, 0.5) is 0 Å². The molecular formula is C15H29NO3. The van der Waals surface area contributed by atoms with Crippen LogP contribution in [-0.2, 0) is 4.79 Å². The Morgan fingerprint density at radius 2 is 2.00 bits per heavy atom. The molecule has 19 heavy (non-hydrogen) atoms. The second kappa shape index (κ2) is 8.33. The van der Waals surface area contributed by atoms with Crippen molar-refractivity contribution < 1.29 is 15.0 Å². The van der Waals surface area contributed by atoms with Gasteiger partial charge in [0.05, 0.1) is 18.8 Å². The Morgan fingerprint density at radius 3 is 2.37 bits per heavy atom. The maximum Gasteiger partial charge on any atom is 0.226 e. The Morgan fingerprint density at radius 1 is 1.42 bits per heavy atom. The van der Waals surface area contributed by atoms with Gasteiger partial charge in [0.15, 0.2) is 0 Å². The van der Waals surface area contributed by atoms with Crippen LogP contribution in [0.5, 0.6) is 0 Å². The number of hydrogen-bond donors (Lipinski definition) is 3. The van der Waals surface area contributed by atoms with Crippen LogP contribution >= 0.6 is 0 Å². The zero-order valence-electron chi connectivity index (χ0n) is 12.6. The highest BCUT2D eigenvalue weighted by molar-refractivity contribution is 5.82. The van der Waals surface area contributed by atoms with Crippen molar-refractivity contribution in [1.29, 1.82) is 0 Å². The van der Waals surface area contributed by atoms with Crippen LogP contribution in [0.25, 0.3) is 0 Å². The van der Waals surface area contributed by atoms with E-state index >= 15 is 0 Å². The molecule has 4 nitrogen and oxygen atoms in total. The van der Waals surface area contributed by atoms with Crippen molar-refractivity contribution in [2.45, 2.75) is 59.1 Å². The molecule has 3 N–H and O–H groups in total. The first-order valence-corrected chi connectivity index (χ1v) is 6.97. The summed E-state index contributed by atoms with van der Waals surface area (Å²) in [5.74, 6) is 0.0968. The van der Waals surface area contributed by atoms with E-state index in [0.717, 1.165) is 0 Å². The van der Waals surface area contributed by atoms with Gasteiger partial charge in [-0.25, -0.2) is 0 Å². The lowest BCUT2D eigenvalue weighted by molar-refractivity contribution is -0.132. The summed E-state index contributed by atoms with van der Waals surface area (Å²) in [7, 11) is 0. The fourth-order valence-electron chi connectivity index (χ4n) is 1.92. The number of hydrogen-bond acceptors (Lipinski definition) is 3. The third kappa shape index (κ3) is 6.21. The van der Waals surface area contributed by atoms with Gasteiger partial charge < -0.3 is 15.5 Å². The van der Waals surface area contributed by atoms with Gasteiger partial charge in [0.2, 0.25) is 5.91 Å². The van der Waals surface area contributed by atoms with Gasteiger partial charge >= 0.3 is 0 Å². The van der Waals surface area contributed by atoms with Crippen LogP contribution in [-0.4, -0.2) is 34.9 Å². The number of allylic oxidation sites excluding steroid dienone is 1. The van der Waals surface area contributed by atoms with Gasteiger partial charge in [-0.1, -0.05) is 26.8 Å². The predicted octanol–water partition coefficient (Wildman–Crippen LogP) is 1.86. The molecule has 0 rings (SSSR count). The van der Waals surface area contributed by atoms with Gasteiger partial charge in [-0.05, 0) is 32.1 Å². The second-order valence-corrected chi connectivity index (χ2v) is 5.95. The van der Waals surface area contributed by atoms with Crippen LogP contribution in [0.1, 0.15) is 47.0 Å². The molecule has 0 aliphatic carbocycles. The Hall–Kier alpha value is -0.870. The van der Waals surface area contributed by atoms with Crippen molar-refractivity contribution in [2.24, 2.45) is 11.3 Å². The number of aliphatic hydroxyl groups is 2. The van der Waals surface area contributed by atoms with Gasteiger partial charge in [0.25, 0.3) is 0 Å². The number of carbonyl (C=O) groups excluding carboxylic acids is 1. The molecule has 0 saturated heterocycles. The summed E-state index contributed by atoms with van der Waals surface area (Å²) >= 11 is 0. The van der Waals surface area contributed by atoms with Crippen molar-refractivity contribution in [3.63, 3.8) is 0 Å². The first-order valence-electron chi connectivity index (χ1n) is 6.97. The second-order valence-electron chi connectivity index (χ2n) is 5.95. The van der Waals surface area contributed by atoms with Crippen LogP contribution in [0.15, 0.2) is 12.7 Å². The average Bonchev–Trinajstić information content (AvgIpc) is 2.33. The molecule has 3 atom stereocenters. The molecule has 0 saturated carbocycles. The van der Waals surface area contributed by atoms with E-state index in [1.165, 1.54) is 0 Å². The van der Waals surface area contributed by atoms with Gasteiger partial charge in [-0.3, -0.25) is 4.79 Å².